The normalized spacial score (nSPS) is 26.7. The summed E-state index contributed by atoms with van der Waals surface area (Å²) in [5.74, 6) is 1.16. The van der Waals surface area contributed by atoms with Crippen LogP contribution in [-0.2, 0) is 4.79 Å². The van der Waals surface area contributed by atoms with Gasteiger partial charge in [0.1, 0.15) is 5.71 Å². The first kappa shape index (κ1) is 24.8. The first-order valence-electron chi connectivity index (χ1n) is 11.0. The summed E-state index contributed by atoms with van der Waals surface area (Å²) in [6.07, 6.45) is 3.85. The van der Waals surface area contributed by atoms with Gasteiger partial charge in [-0.05, 0) is 60.6 Å². The van der Waals surface area contributed by atoms with E-state index in [2.05, 4.69) is 38.5 Å². The SMILES string of the molecule is C[C@@H]1C(C(=O)NN2CC3CCCC3C2)=NN(c2ccc(Cl)cc2Cl)[C@@H]1c1ccc(Br)cc1.Cl. The van der Waals surface area contributed by atoms with E-state index in [-0.39, 0.29) is 30.3 Å². The lowest BCUT2D eigenvalue weighted by atomic mass is 9.91. The topological polar surface area (TPSA) is 47.9 Å². The predicted molar refractivity (Wildman–Crippen MR) is 140 cm³/mol. The molecule has 2 aliphatic heterocycles. The Kier molecular flexibility index (Phi) is 7.61. The zero-order chi connectivity index (χ0) is 22.4. The number of hydrogen-bond donors (Lipinski definition) is 1. The van der Waals surface area contributed by atoms with Gasteiger partial charge in [-0.2, -0.15) is 5.10 Å². The van der Waals surface area contributed by atoms with Crippen LogP contribution in [-0.4, -0.2) is 29.7 Å². The molecule has 1 N–H and O–H groups in total. The number of fused-ring (bicyclic) bond motifs is 1. The molecule has 9 heteroatoms. The average molecular weight is 573 g/mol. The number of carbonyl (C=O) groups is 1. The number of carbonyl (C=O) groups excluding carboxylic acids is 1. The van der Waals surface area contributed by atoms with E-state index >= 15 is 0 Å². The minimum Gasteiger partial charge on any atom is -0.284 e. The molecule has 0 bridgehead atoms. The maximum Gasteiger partial charge on any atom is 0.282 e. The van der Waals surface area contributed by atoms with Crippen molar-refractivity contribution in [3.8, 4) is 0 Å². The first-order valence-corrected chi connectivity index (χ1v) is 12.6. The third-order valence-electron chi connectivity index (χ3n) is 6.97. The zero-order valence-corrected chi connectivity index (χ0v) is 22.1. The Hall–Kier alpha value is -1.31. The van der Waals surface area contributed by atoms with E-state index in [1.54, 1.807) is 12.1 Å². The van der Waals surface area contributed by atoms with Crippen molar-refractivity contribution in [2.45, 2.75) is 32.2 Å². The predicted octanol–water partition coefficient (Wildman–Crippen LogP) is 6.49. The number of hydrogen-bond acceptors (Lipinski definition) is 4. The highest BCUT2D eigenvalue weighted by Crippen LogP contribution is 2.43. The molecule has 2 heterocycles. The molecule has 1 amide bonds. The molecule has 0 spiro atoms. The van der Waals surface area contributed by atoms with Crippen LogP contribution >= 0.6 is 51.5 Å². The number of nitrogens with one attached hydrogen (secondary N) is 1. The lowest BCUT2D eigenvalue weighted by Gasteiger charge is -2.27. The molecule has 5 rings (SSSR count). The van der Waals surface area contributed by atoms with Crippen LogP contribution in [0, 0.1) is 17.8 Å². The average Bonchev–Trinajstić information content (AvgIpc) is 3.42. The van der Waals surface area contributed by atoms with Gasteiger partial charge in [0, 0.05) is 28.5 Å². The Balaban J connectivity index is 0.00000259. The monoisotopic (exact) mass is 570 g/mol. The molecule has 2 aromatic carbocycles. The molecule has 5 nitrogen and oxygen atoms in total. The highest BCUT2D eigenvalue weighted by atomic mass is 79.9. The van der Waals surface area contributed by atoms with Crippen molar-refractivity contribution in [1.82, 2.24) is 10.4 Å². The summed E-state index contributed by atoms with van der Waals surface area (Å²) in [4.78, 5) is 13.3. The smallest absolute Gasteiger partial charge is 0.282 e. The van der Waals surface area contributed by atoms with E-state index in [0.29, 0.717) is 27.6 Å². The van der Waals surface area contributed by atoms with Gasteiger partial charge in [0.25, 0.3) is 5.91 Å². The fraction of sp³-hybridized carbons (Fsp3) is 0.417. The molecule has 1 saturated carbocycles. The van der Waals surface area contributed by atoms with Crippen molar-refractivity contribution in [2.75, 3.05) is 18.1 Å². The highest BCUT2D eigenvalue weighted by Gasteiger charge is 2.42. The number of nitrogens with zero attached hydrogens (tertiary/aromatic N) is 3. The van der Waals surface area contributed by atoms with Crippen LogP contribution in [0.4, 0.5) is 5.69 Å². The number of amides is 1. The van der Waals surface area contributed by atoms with E-state index in [9.17, 15) is 4.79 Å². The molecule has 2 aromatic rings. The van der Waals surface area contributed by atoms with Gasteiger partial charge in [-0.3, -0.25) is 15.2 Å². The van der Waals surface area contributed by atoms with Gasteiger partial charge >= 0.3 is 0 Å². The third-order valence-corrected chi connectivity index (χ3v) is 8.04. The summed E-state index contributed by atoms with van der Waals surface area (Å²) >= 11 is 16.2. The number of halogens is 4. The second-order valence-electron chi connectivity index (χ2n) is 9.01. The summed E-state index contributed by atoms with van der Waals surface area (Å²) in [5, 5.41) is 9.81. The van der Waals surface area contributed by atoms with Crippen LogP contribution in [0.3, 0.4) is 0 Å². The minimum atomic E-state index is -0.152. The Labute approximate surface area is 219 Å². The Morgan fingerprint density at radius 2 is 1.76 bits per heavy atom. The molecule has 4 atom stereocenters. The van der Waals surface area contributed by atoms with Crippen LogP contribution in [0.25, 0.3) is 0 Å². The fourth-order valence-corrected chi connectivity index (χ4v) is 6.13. The van der Waals surface area contributed by atoms with E-state index in [1.807, 2.05) is 30.1 Å². The highest BCUT2D eigenvalue weighted by molar-refractivity contribution is 9.10. The third kappa shape index (κ3) is 4.92. The first-order chi connectivity index (χ1) is 15.4. The van der Waals surface area contributed by atoms with Gasteiger partial charge in [-0.25, -0.2) is 5.01 Å². The Morgan fingerprint density at radius 1 is 1.09 bits per heavy atom. The summed E-state index contributed by atoms with van der Waals surface area (Å²) in [5.41, 5.74) is 5.44. The van der Waals surface area contributed by atoms with Crippen LogP contribution in [0.1, 0.15) is 37.8 Å². The van der Waals surface area contributed by atoms with Crippen LogP contribution in [0.5, 0.6) is 0 Å². The van der Waals surface area contributed by atoms with Crippen molar-refractivity contribution in [2.24, 2.45) is 22.9 Å². The van der Waals surface area contributed by atoms with E-state index < -0.39 is 0 Å². The number of hydrazone groups is 1. The second kappa shape index (κ2) is 10.1. The number of benzene rings is 2. The summed E-state index contributed by atoms with van der Waals surface area (Å²) in [7, 11) is 0. The van der Waals surface area contributed by atoms with Gasteiger partial charge in [0.05, 0.1) is 16.8 Å². The van der Waals surface area contributed by atoms with Gasteiger partial charge in [-0.1, -0.05) is 64.6 Å². The lowest BCUT2D eigenvalue weighted by Crippen LogP contribution is -2.45. The summed E-state index contributed by atoms with van der Waals surface area (Å²) in [6, 6.07) is 13.3. The maximum absolute atomic E-state index is 13.3. The van der Waals surface area contributed by atoms with Crippen molar-refractivity contribution in [1.29, 1.82) is 0 Å². The maximum atomic E-state index is 13.3. The number of anilines is 1. The van der Waals surface area contributed by atoms with Gasteiger partial charge in [0.2, 0.25) is 0 Å². The van der Waals surface area contributed by atoms with E-state index in [1.165, 1.54) is 19.3 Å². The van der Waals surface area contributed by atoms with Crippen LogP contribution < -0.4 is 10.4 Å². The summed E-state index contributed by atoms with van der Waals surface area (Å²) < 4.78 is 1.00. The molecule has 176 valence electrons. The summed E-state index contributed by atoms with van der Waals surface area (Å²) in [6.45, 7) is 3.91. The van der Waals surface area contributed by atoms with Crippen LogP contribution in [0.15, 0.2) is 52.0 Å². The van der Waals surface area contributed by atoms with Crippen molar-refractivity contribution >= 4 is 68.8 Å². The Bertz CT molecular complexity index is 1050. The molecule has 1 saturated heterocycles. The standard InChI is InChI=1S/C24H25BrCl2N4O.ClH/c1-14-22(24(32)29-30-12-16-3-2-4-17(16)13-30)28-31(21-10-9-19(26)11-20(21)27)23(14)15-5-7-18(25)8-6-15;/h5-11,14,16-17,23H,2-4,12-13H2,1H3,(H,29,32);1H/t14-,16?,17?,23+;/m1./s1. The van der Waals surface area contributed by atoms with E-state index in [4.69, 9.17) is 28.3 Å². The molecule has 0 aromatic heterocycles. The van der Waals surface area contributed by atoms with Gasteiger partial charge in [-0.15, -0.1) is 12.4 Å². The molecule has 33 heavy (non-hydrogen) atoms. The van der Waals surface area contributed by atoms with Gasteiger partial charge in [0.15, 0.2) is 0 Å². The Morgan fingerprint density at radius 3 is 2.39 bits per heavy atom. The quantitative estimate of drug-likeness (QED) is 0.455. The molecule has 3 aliphatic rings. The number of rotatable bonds is 4. The largest absolute Gasteiger partial charge is 0.284 e. The lowest BCUT2D eigenvalue weighted by molar-refractivity contribution is -0.119. The van der Waals surface area contributed by atoms with Crippen molar-refractivity contribution in [3.63, 3.8) is 0 Å². The van der Waals surface area contributed by atoms with Crippen molar-refractivity contribution in [3.05, 3.63) is 62.5 Å². The van der Waals surface area contributed by atoms with Crippen molar-refractivity contribution < 1.29 is 4.79 Å². The molecule has 1 aliphatic carbocycles. The molecule has 0 radical (unpaired) electrons. The zero-order valence-electron chi connectivity index (χ0n) is 18.2. The van der Waals surface area contributed by atoms with Crippen LogP contribution in [0.2, 0.25) is 10.0 Å². The molecular formula is C24H26BrCl3N4O. The second-order valence-corrected chi connectivity index (χ2v) is 10.8. The van der Waals surface area contributed by atoms with E-state index in [0.717, 1.165) is 28.8 Å². The minimum absolute atomic E-state index is 0. The molecule has 2 unspecified atom stereocenters. The number of hydrazine groups is 1. The molecule has 2 fully saturated rings. The fourth-order valence-electron chi connectivity index (χ4n) is 5.37. The van der Waals surface area contributed by atoms with Gasteiger partial charge < -0.3 is 0 Å². The molecular weight excluding hydrogens is 547 g/mol.